The Balaban J connectivity index is 0. The van der Waals surface area contributed by atoms with Gasteiger partial charge in [-0.15, -0.1) is 0 Å². The smallest absolute Gasteiger partial charge is 0.326 e. The maximum atomic E-state index is 9.33. The van der Waals surface area contributed by atoms with Crippen LogP contribution >= 0.6 is 0 Å². The van der Waals surface area contributed by atoms with Gasteiger partial charge in [0.25, 0.3) is 0 Å². The van der Waals surface area contributed by atoms with Gasteiger partial charge in [-0.05, 0) is 6.42 Å². The van der Waals surface area contributed by atoms with Crippen LogP contribution in [0.1, 0.15) is 32.6 Å². The molecule has 0 saturated carbocycles. The Morgan fingerprint density at radius 1 is 1.26 bits per heavy atom. The third-order valence-electron chi connectivity index (χ3n) is 2.91. The summed E-state index contributed by atoms with van der Waals surface area (Å²) in [6.45, 7) is 6.55. The molecule has 0 unspecified atom stereocenters. The molecule has 0 atom stereocenters. The molecular formula is C10H24NO6S2+. The van der Waals surface area contributed by atoms with Crippen LogP contribution in [0.3, 0.4) is 0 Å². The lowest BCUT2D eigenvalue weighted by Gasteiger charge is -2.28. The maximum absolute atomic E-state index is 9.33. The molecule has 0 aromatic heterocycles. The van der Waals surface area contributed by atoms with Crippen molar-refractivity contribution >= 4 is 22.0 Å². The van der Waals surface area contributed by atoms with Crippen molar-refractivity contribution in [2.75, 3.05) is 33.8 Å². The normalized spacial score (nSPS) is 16.6. The zero-order chi connectivity index (χ0) is 15.4. The highest BCUT2D eigenvalue weighted by molar-refractivity contribution is 7.80. The molecule has 0 aromatic carbocycles. The minimum absolute atomic E-state index is 0.750. The molecular weight excluding hydrogens is 294 g/mol. The molecule has 116 valence electrons. The van der Waals surface area contributed by atoms with Crippen LogP contribution in [-0.4, -0.2) is 59.7 Å². The van der Waals surface area contributed by atoms with Crippen molar-refractivity contribution in [2.24, 2.45) is 0 Å². The van der Waals surface area contributed by atoms with Crippen LogP contribution in [0, 0.1) is 0 Å². The van der Waals surface area contributed by atoms with E-state index in [4.69, 9.17) is 13.0 Å². The number of nitrogens with zero attached hydrogens (tertiary/aromatic N) is 1. The van der Waals surface area contributed by atoms with Crippen molar-refractivity contribution in [2.45, 2.75) is 32.6 Å². The second-order valence-corrected chi connectivity index (χ2v) is 5.84. The summed E-state index contributed by atoms with van der Waals surface area (Å²) in [5, 5.41) is 0. The molecule has 1 heterocycles. The Bertz CT molecular complexity index is 345. The Hall–Kier alpha value is -0.350. The molecule has 0 aromatic rings. The van der Waals surface area contributed by atoms with Gasteiger partial charge < -0.3 is 4.48 Å². The fraction of sp³-hybridized carbons (Fsp3) is 1.00. The average molecular weight is 318 g/mol. The van der Waals surface area contributed by atoms with E-state index in [2.05, 4.69) is 18.2 Å². The Morgan fingerprint density at radius 3 is 1.89 bits per heavy atom. The summed E-state index contributed by atoms with van der Waals surface area (Å²) in [6, 6.07) is 0. The zero-order valence-electron chi connectivity index (χ0n) is 11.7. The highest BCUT2D eigenvalue weighted by Gasteiger charge is 2.25. The average Bonchev–Trinajstić information content (AvgIpc) is 2.75. The summed E-state index contributed by atoms with van der Waals surface area (Å²) in [7, 11) is -0.886. The SMILES string of the molecule is CCCC[N+]1(C)CCCC1.COS(=O)(=O)O.O=S=O. The van der Waals surface area contributed by atoms with Gasteiger partial charge in [-0.3, -0.25) is 8.74 Å². The predicted octanol–water partition coefficient (Wildman–Crippen LogP) is 0.792. The third-order valence-corrected chi connectivity index (χ3v) is 3.33. The van der Waals surface area contributed by atoms with Crippen molar-refractivity contribution in [3.8, 4) is 0 Å². The molecule has 1 aliphatic rings. The van der Waals surface area contributed by atoms with E-state index in [1.807, 2.05) is 0 Å². The molecule has 7 nitrogen and oxygen atoms in total. The molecule has 1 saturated heterocycles. The Kier molecular flexibility index (Phi) is 12.7. The van der Waals surface area contributed by atoms with Gasteiger partial charge in [0.1, 0.15) is 0 Å². The number of hydrogen-bond donors (Lipinski definition) is 1. The van der Waals surface area contributed by atoms with Crippen LogP contribution < -0.4 is 0 Å². The molecule has 1 aliphatic heterocycles. The van der Waals surface area contributed by atoms with Crippen LogP contribution in [0.25, 0.3) is 0 Å². The van der Waals surface area contributed by atoms with E-state index in [9.17, 15) is 8.42 Å². The topological polar surface area (TPSA) is 97.7 Å². The molecule has 9 heteroatoms. The summed E-state index contributed by atoms with van der Waals surface area (Å²) >= 11 is -0.750. The second kappa shape index (κ2) is 11.5. The Labute approximate surface area is 119 Å². The largest absolute Gasteiger partial charge is 0.397 e. The number of hydrogen-bond acceptors (Lipinski definition) is 5. The molecule has 0 bridgehead atoms. The van der Waals surface area contributed by atoms with Crippen molar-refractivity contribution < 1.29 is 30.1 Å². The van der Waals surface area contributed by atoms with Gasteiger partial charge in [-0.2, -0.15) is 16.8 Å². The van der Waals surface area contributed by atoms with Crippen LogP contribution in [0.15, 0.2) is 0 Å². The highest BCUT2D eigenvalue weighted by Crippen LogP contribution is 2.16. The van der Waals surface area contributed by atoms with E-state index >= 15 is 0 Å². The van der Waals surface area contributed by atoms with Crippen LogP contribution in [0.2, 0.25) is 0 Å². The predicted molar refractivity (Wildman–Crippen MR) is 72.4 cm³/mol. The lowest BCUT2D eigenvalue weighted by Crippen LogP contribution is -2.41. The van der Waals surface area contributed by atoms with E-state index in [0.717, 1.165) is 7.11 Å². The summed E-state index contributed by atoms with van der Waals surface area (Å²) in [4.78, 5) is 0. The molecule has 0 radical (unpaired) electrons. The van der Waals surface area contributed by atoms with Crippen molar-refractivity contribution in [1.29, 1.82) is 0 Å². The standard InChI is InChI=1S/C9H20N.CH4O4S.O2S/c1-3-4-7-10(2)8-5-6-9-10;1-5-6(2,3)4;1-3-2/h3-9H2,1-2H3;1H3,(H,2,3,4);/q+1;;. The first kappa shape index (κ1) is 21.0. The minimum Gasteiger partial charge on any atom is -0.326 e. The second-order valence-electron chi connectivity index (χ2n) is 4.51. The van der Waals surface area contributed by atoms with Gasteiger partial charge in [0.2, 0.25) is 0 Å². The van der Waals surface area contributed by atoms with Gasteiger partial charge in [-0.25, -0.2) is 0 Å². The quantitative estimate of drug-likeness (QED) is 0.608. The van der Waals surface area contributed by atoms with Crippen LogP contribution in [0.5, 0.6) is 0 Å². The maximum Gasteiger partial charge on any atom is 0.397 e. The molecule has 0 amide bonds. The first-order chi connectivity index (χ1) is 8.74. The third kappa shape index (κ3) is 15.6. The first-order valence-corrected chi connectivity index (χ1v) is 8.06. The number of unbranched alkanes of at least 4 members (excludes halogenated alkanes) is 1. The zero-order valence-corrected chi connectivity index (χ0v) is 13.3. The number of likely N-dealkylation sites (tertiary alicyclic amines) is 1. The van der Waals surface area contributed by atoms with Crippen molar-refractivity contribution in [1.82, 2.24) is 0 Å². The molecule has 0 spiro atoms. The lowest BCUT2D eigenvalue weighted by molar-refractivity contribution is -0.897. The molecule has 1 N–H and O–H groups in total. The van der Waals surface area contributed by atoms with Crippen LogP contribution in [-0.2, 0) is 26.2 Å². The van der Waals surface area contributed by atoms with Gasteiger partial charge >= 0.3 is 22.0 Å². The van der Waals surface area contributed by atoms with Crippen LogP contribution in [0.4, 0.5) is 0 Å². The number of rotatable bonds is 4. The fourth-order valence-electron chi connectivity index (χ4n) is 1.86. The van der Waals surface area contributed by atoms with E-state index in [1.54, 1.807) is 0 Å². The molecule has 0 aliphatic carbocycles. The van der Waals surface area contributed by atoms with Gasteiger partial charge in [0.15, 0.2) is 0 Å². The van der Waals surface area contributed by atoms with Gasteiger partial charge in [0.05, 0.1) is 33.8 Å². The Morgan fingerprint density at radius 2 is 1.63 bits per heavy atom. The minimum atomic E-state index is -4.16. The van der Waals surface area contributed by atoms with E-state index in [-0.39, 0.29) is 0 Å². The summed E-state index contributed by atoms with van der Waals surface area (Å²) in [5.74, 6) is 0. The fourth-order valence-corrected chi connectivity index (χ4v) is 1.86. The number of quaternary nitrogens is 1. The monoisotopic (exact) mass is 318 g/mol. The summed E-state index contributed by atoms with van der Waals surface area (Å²) in [5.41, 5.74) is 0. The lowest BCUT2D eigenvalue weighted by atomic mass is 10.3. The highest BCUT2D eigenvalue weighted by atomic mass is 32.3. The molecule has 1 rings (SSSR count). The molecule has 1 fully saturated rings. The van der Waals surface area contributed by atoms with E-state index in [0.29, 0.717) is 0 Å². The van der Waals surface area contributed by atoms with Gasteiger partial charge in [0, 0.05) is 12.8 Å². The molecule has 19 heavy (non-hydrogen) atoms. The summed E-state index contributed by atoms with van der Waals surface area (Å²) in [6.07, 6.45) is 5.69. The summed E-state index contributed by atoms with van der Waals surface area (Å²) < 4.78 is 47.6. The van der Waals surface area contributed by atoms with Crippen molar-refractivity contribution in [3.05, 3.63) is 0 Å². The van der Waals surface area contributed by atoms with Crippen molar-refractivity contribution in [3.63, 3.8) is 0 Å². The van der Waals surface area contributed by atoms with E-state index in [1.165, 1.54) is 49.8 Å². The first-order valence-electron chi connectivity index (χ1n) is 6.03. The van der Waals surface area contributed by atoms with Gasteiger partial charge in [-0.1, -0.05) is 13.3 Å². The van der Waals surface area contributed by atoms with E-state index < -0.39 is 22.0 Å².